The third-order valence-corrected chi connectivity index (χ3v) is 7.09. The molecule has 1 heterocycles. The van der Waals surface area contributed by atoms with Gasteiger partial charge in [-0.3, -0.25) is 0 Å². The van der Waals surface area contributed by atoms with Crippen LogP contribution in [0.2, 0.25) is 0 Å². The van der Waals surface area contributed by atoms with Gasteiger partial charge in [-0.1, -0.05) is 127 Å². The molecule has 0 spiro atoms. The van der Waals surface area contributed by atoms with E-state index in [0.29, 0.717) is 16.7 Å². The Balaban J connectivity index is 1.54. The van der Waals surface area contributed by atoms with E-state index < -0.39 is 97.1 Å². The van der Waals surface area contributed by atoms with E-state index in [1.165, 1.54) is 0 Å². The lowest BCUT2D eigenvalue weighted by atomic mass is 9.86. The second kappa shape index (κ2) is 8.85. The average Bonchev–Trinajstić information content (AvgIpc) is 3.55. The second-order valence-electron chi connectivity index (χ2n) is 9.31. The topological polar surface area (TPSA) is 13.1 Å². The first kappa shape index (κ1) is 11.9. The molecule has 0 aliphatic carbocycles. The maximum atomic E-state index is 9.18. The smallest absolute Gasteiger partial charge is 0.138 e. The highest BCUT2D eigenvalue weighted by Crippen LogP contribution is 2.38. The Bertz CT molecular complexity index is 2920. The zero-order valence-electron chi connectivity index (χ0n) is 35.4. The molecule has 0 aliphatic heterocycles. The first-order valence-corrected chi connectivity index (χ1v) is 12.4. The number of hydrogen-bond donors (Lipinski definition) is 0. The summed E-state index contributed by atoms with van der Waals surface area (Å²) >= 11 is 0. The lowest BCUT2D eigenvalue weighted by Gasteiger charge is -2.17. The van der Waals surface area contributed by atoms with Crippen LogP contribution in [-0.2, 0) is 12.8 Å². The molecule has 0 unspecified atom stereocenters. The molecule has 0 radical (unpaired) electrons. The first-order chi connectivity index (χ1) is 25.6. The van der Waals surface area contributed by atoms with Crippen molar-refractivity contribution >= 4 is 54.3 Å². The molecule has 184 valence electrons. The van der Waals surface area contributed by atoms with E-state index in [0.717, 1.165) is 10.8 Å². The molecular weight excluding hydrogens is 472 g/mol. The van der Waals surface area contributed by atoms with Crippen molar-refractivity contribution in [2.45, 2.75) is 12.8 Å². The molecule has 0 atom stereocenters. The highest BCUT2D eigenvalue weighted by Gasteiger charge is 2.17. The molecule has 0 aliphatic rings. The third kappa shape index (κ3) is 3.62. The van der Waals surface area contributed by atoms with Crippen molar-refractivity contribution in [2.75, 3.05) is 0 Å². The fraction of sp³-hybridized carbons (Fsp3) is 0.0526. The first-order valence-electron chi connectivity index (χ1n) is 19.9. The molecule has 0 saturated carbocycles. The number of hydrogen-bond acceptors (Lipinski definition) is 1. The summed E-state index contributed by atoms with van der Waals surface area (Å²) in [5.41, 5.74) is 1.60. The van der Waals surface area contributed by atoms with E-state index in [2.05, 4.69) is 0 Å². The summed E-state index contributed by atoms with van der Waals surface area (Å²) in [6.07, 6.45) is -0.621. The van der Waals surface area contributed by atoms with Gasteiger partial charge in [-0.25, -0.2) is 0 Å². The molecule has 0 bridgehead atoms. The Hall–Kier alpha value is -4.88. The van der Waals surface area contributed by atoms with Gasteiger partial charge in [0.1, 0.15) is 11.2 Å². The standard InChI is InChI=1S/C38H26O/c1-2-11-27-22-25(20-21-26(27)10-1)23-35-29-13-3-5-15-31(29)36(32-16-6-4-14-30(32)35)24-28-12-9-18-34-33-17-7-8-19-37(33)39-38(28)34/h1-22H,23-24H2/i1D,2D,3D,4D,5D,6D,10D,11D,13D,14D,15D,16D,20D,21D,22D. The molecule has 8 aromatic rings. The molecule has 7 aromatic carbocycles. The molecular formula is C38H26O. The van der Waals surface area contributed by atoms with Crippen molar-refractivity contribution < 1.29 is 25.0 Å². The summed E-state index contributed by atoms with van der Waals surface area (Å²) in [4.78, 5) is 0. The molecule has 0 fully saturated rings. The van der Waals surface area contributed by atoms with Crippen molar-refractivity contribution in [1.82, 2.24) is 0 Å². The quantitative estimate of drug-likeness (QED) is 0.213. The number of para-hydroxylation sites is 2. The molecule has 39 heavy (non-hydrogen) atoms. The Morgan fingerprint density at radius 1 is 0.513 bits per heavy atom. The summed E-state index contributed by atoms with van der Waals surface area (Å²) in [6, 6.07) is 4.34. The van der Waals surface area contributed by atoms with E-state index in [1.807, 2.05) is 36.4 Å². The van der Waals surface area contributed by atoms with Gasteiger partial charge in [0, 0.05) is 17.2 Å². The lowest BCUT2D eigenvalue weighted by molar-refractivity contribution is 0.664. The summed E-state index contributed by atoms with van der Waals surface area (Å²) in [5.74, 6) is 0. The van der Waals surface area contributed by atoms with E-state index in [1.54, 1.807) is 6.07 Å². The van der Waals surface area contributed by atoms with Gasteiger partial charge in [0.15, 0.2) is 0 Å². The van der Waals surface area contributed by atoms with Crippen molar-refractivity contribution in [3.05, 3.63) is 155 Å². The van der Waals surface area contributed by atoms with Gasteiger partial charge in [0.2, 0.25) is 0 Å². The van der Waals surface area contributed by atoms with Crippen LogP contribution >= 0.6 is 0 Å². The van der Waals surface area contributed by atoms with Crippen molar-refractivity contribution in [3.63, 3.8) is 0 Å². The van der Waals surface area contributed by atoms with Crippen LogP contribution < -0.4 is 0 Å². The number of furan rings is 1. The fourth-order valence-corrected chi connectivity index (χ4v) is 5.35. The molecule has 1 nitrogen and oxygen atoms in total. The van der Waals surface area contributed by atoms with Gasteiger partial charge in [0.25, 0.3) is 0 Å². The van der Waals surface area contributed by atoms with Crippen molar-refractivity contribution in [3.8, 4) is 0 Å². The highest BCUT2D eigenvalue weighted by molar-refractivity contribution is 6.08. The van der Waals surface area contributed by atoms with Crippen LogP contribution in [0.15, 0.2) is 138 Å². The minimum atomic E-state index is -0.646. The summed E-state index contributed by atoms with van der Waals surface area (Å²) in [6.45, 7) is 0. The SMILES string of the molecule is [2H]c1c([2H])c([2H])c2c([2H])c(Cc3c4c([2H])c([2H])c([2H])c([2H])c4c(Cc4cccc5c4oc4ccccc45)c4c([2H])c([2H])c([2H])c([2H])c34)c([2H])c([2H])c2c1[2H]. The number of rotatable bonds is 4. The predicted molar refractivity (Wildman–Crippen MR) is 165 cm³/mol. The monoisotopic (exact) mass is 513 g/mol. The molecule has 1 heteroatoms. The Kier molecular flexibility index (Phi) is 2.70. The Labute approximate surface area is 248 Å². The second-order valence-corrected chi connectivity index (χ2v) is 9.31. The molecule has 0 N–H and O–H groups in total. The van der Waals surface area contributed by atoms with Gasteiger partial charge in [-0.2, -0.15) is 0 Å². The van der Waals surface area contributed by atoms with E-state index in [4.69, 9.17) is 19.5 Å². The average molecular weight is 514 g/mol. The van der Waals surface area contributed by atoms with Gasteiger partial charge in [0.05, 0.1) is 20.6 Å². The van der Waals surface area contributed by atoms with Gasteiger partial charge < -0.3 is 4.42 Å². The maximum absolute atomic E-state index is 9.18. The molecule has 1 aromatic heterocycles. The zero-order valence-corrected chi connectivity index (χ0v) is 20.4. The minimum absolute atomic E-state index is 0.0338. The molecule has 0 amide bonds. The van der Waals surface area contributed by atoms with Crippen molar-refractivity contribution in [2.24, 2.45) is 0 Å². The zero-order chi connectivity index (χ0) is 38.8. The Morgan fingerprint density at radius 3 is 1.87 bits per heavy atom. The van der Waals surface area contributed by atoms with Crippen molar-refractivity contribution in [1.29, 1.82) is 0 Å². The summed E-state index contributed by atoms with van der Waals surface area (Å²) in [7, 11) is 0. The lowest BCUT2D eigenvalue weighted by Crippen LogP contribution is -1.98. The number of fused-ring (bicyclic) bond motifs is 6. The molecule has 8 rings (SSSR count). The third-order valence-electron chi connectivity index (χ3n) is 7.09. The maximum Gasteiger partial charge on any atom is 0.138 e. The van der Waals surface area contributed by atoms with Gasteiger partial charge >= 0.3 is 0 Å². The van der Waals surface area contributed by atoms with E-state index in [9.17, 15) is 5.48 Å². The van der Waals surface area contributed by atoms with Crippen LogP contribution in [0.3, 0.4) is 0 Å². The van der Waals surface area contributed by atoms with Crippen LogP contribution in [0.4, 0.5) is 0 Å². The van der Waals surface area contributed by atoms with Crippen LogP contribution in [0.25, 0.3) is 54.3 Å². The van der Waals surface area contributed by atoms with Crippen LogP contribution in [-0.4, -0.2) is 0 Å². The number of benzene rings is 7. The fourth-order valence-electron chi connectivity index (χ4n) is 5.35. The van der Waals surface area contributed by atoms with E-state index in [-0.39, 0.29) is 55.4 Å². The predicted octanol–water partition coefficient (Wildman–Crippen LogP) is 10.2. The van der Waals surface area contributed by atoms with Gasteiger partial charge in [-0.15, -0.1) is 0 Å². The Morgan fingerprint density at radius 2 is 1.13 bits per heavy atom. The van der Waals surface area contributed by atoms with E-state index >= 15 is 0 Å². The molecule has 0 saturated heterocycles. The summed E-state index contributed by atoms with van der Waals surface area (Å²) < 4.78 is 138. The largest absolute Gasteiger partial charge is 0.456 e. The van der Waals surface area contributed by atoms with Crippen LogP contribution in [0, 0.1) is 0 Å². The highest BCUT2D eigenvalue weighted by atomic mass is 16.3. The van der Waals surface area contributed by atoms with Crippen LogP contribution in [0.1, 0.15) is 42.8 Å². The minimum Gasteiger partial charge on any atom is -0.456 e. The van der Waals surface area contributed by atoms with Gasteiger partial charge in [-0.05, 0) is 67.1 Å². The summed E-state index contributed by atoms with van der Waals surface area (Å²) in [5, 5.41) is 0.704. The van der Waals surface area contributed by atoms with Crippen LogP contribution in [0.5, 0.6) is 0 Å². The normalized spacial score (nSPS) is 17.2.